The molecule has 52 heavy (non-hydrogen) atoms. The van der Waals surface area contributed by atoms with Crippen LogP contribution in [0.2, 0.25) is 0 Å². The number of hydrogen-bond donors (Lipinski definition) is 1. The van der Waals surface area contributed by atoms with E-state index in [9.17, 15) is 9.59 Å². The summed E-state index contributed by atoms with van der Waals surface area (Å²) in [5.74, 6) is 0.0280. The monoisotopic (exact) mass is 755 g/mol. The molecule has 6 nitrogen and oxygen atoms in total. The fraction of sp³-hybridized carbons (Fsp3) is 0.956. The highest BCUT2D eigenvalue weighted by Crippen LogP contribution is 2.18. The molecule has 310 valence electrons. The number of nitrogens with zero attached hydrogens (tertiary/aromatic N) is 1. The van der Waals surface area contributed by atoms with Gasteiger partial charge in [0, 0.05) is 19.4 Å². The number of carbonyl (C=O) groups is 2. The highest BCUT2D eigenvalue weighted by molar-refractivity contribution is 7.96. The minimum Gasteiger partial charge on any atom is -0.466 e. The molecule has 0 fully saturated rings. The first-order valence-electron chi connectivity index (χ1n) is 22.9. The Morgan fingerprint density at radius 3 is 1.40 bits per heavy atom. The van der Waals surface area contributed by atoms with Gasteiger partial charge in [0.25, 0.3) is 0 Å². The summed E-state index contributed by atoms with van der Waals surface area (Å²) in [4.78, 5) is 27.5. The van der Waals surface area contributed by atoms with Crippen molar-refractivity contribution >= 4 is 23.9 Å². The van der Waals surface area contributed by atoms with E-state index >= 15 is 0 Å². The Balaban J connectivity index is 4.17. The molecule has 0 aliphatic carbocycles. The van der Waals surface area contributed by atoms with Gasteiger partial charge in [-0.25, -0.2) is 0 Å². The molecule has 0 spiro atoms. The third kappa shape index (κ3) is 38.9. The standard InChI is InChI=1S/C45H90N2O4S/c1-5-8-11-14-19-26-34-43(35-27-20-15-12-9-6-2)51-45(49)37-29-22-18-24-31-40-47(41-33-38-46-52-4)39-30-23-17-21-28-36-44(48)50-42-32-25-16-13-10-7-3/h43,46H,5-42H2,1-4H3. The van der Waals surface area contributed by atoms with E-state index in [1.807, 2.05) is 0 Å². The van der Waals surface area contributed by atoms with Crippen LogP contribution in [0.15, 0.2) is 0 Å². The van der Waals surface area contributed by atoms with Crippen molar-refractivity contribution in [2.75, 3.05) is 39.0 Å². The van der Waals surface area contributed by atoms with E-state index < -0.39 is 0 Å². The lowest BCUT2D eigenvalue weighted by Gasteiger charge is -2.22. The molecule has 0 aromatic heterocycles. The number of hydrogen-bond acceptors (Lipinski definition) is 7. The van der Waals surface area contributed by atoms with Gasteiger partial charge in [0.05, 0.1) is 6.61 Å². The van der Waals surface area contributed by atoms with Crippen molar-refractivity contribution in [2.24, 2.45) is 0 Å². The largest absolute Gasteiger partial charge is 0.466 e. The summed E-state index contributed by atoms with van der Waals surface area (Å²) in [5, 5.41) is 0. The second-order valence-electron chi connectivity index (χ2n) is 15.5. The van der Waals surface area contributed by atoms with Crippen molar-refractivity contribution in [3.8, 4) is 0 Å². The zero-order valence-electron chi connectivity index (χ0n) is 35.4. The SMILES string of the molecule is CCCCCCCCOC(=O)CCCCCCCN(CCCCCCCC(=O)OC(CCCCCCCC)CCCCCCCC)CCCNSC. The van der Waals surface area contributed by atoms with E-state index in [1.165, 1.54) is 167 Å². The average molecular weight is 755 g/mol. The molecule has 0 bridgehead atoms. The molecule has 0 aromatic carbocycles. The van der Waals surface area contributed by atoms with Gasteiger partial charge in [-0.15, -0.1) is 0 Å². The van der Waals surface area contributed by atoms with Crippen LogP contribution >= 0.6 is 11.9 Å². The highest BCUT2D eigenvalue weighted by Gasteiger charge is 2.14. The van der Waals surface area contributed by atoms with Gasteiger partial charge in [-0.1, -0.05) is 168 Å². The molecule has 0 rings (SSSR count). The number of carbonyl (C=O) groups excluding carboxylic acids is 2. The van der Waals surface area contributed by atoms with Crippen LogP contribution in [-0.2, 0) is 19.1 Å². The number of esters is 2. The summed E-state index contributed by atoms with van der Waals surface area (Å²) in [6.45, 7) is 11.9. The summed E-state index contributed by atoms with van der Waals surface area (Å²) < 4.78 is 14.9. The molecule has 0 saturated heterocycles. The summed E-state index contributed by atoms with van der Waals surface area (Å²) in [6.07, 6.45) is 41.0. The van der Waals surface area contributed by atoms with Crippen molar-refractivity contribution in [1.82, 2.24) is 9.62 Å². The Kier molecular flexibility index (Phi) is 42.3. The van der Waals surface area contributed by atoms with Crippen molar-refractivity contribution in [3.63, 3.8) is 0 Å². The van der Waals surface area contributed by atoms with Crippen molar-refractivity contribution < 1.29 is 19.1 Å². The molecule has 0 heterocycles. The Morgan fingerprint density at radius 2 is 0.904 bits per heavy atom. The van der Waals surface area contributed by atoms with Gasteiger partial charge in [-0.2, -0.15) is 0 Å². The van der Waals surface area contributed by atoms with Gasteiger partial charge in [0.2, 0.25) is 0 Å². The lowest BCUT2D eigenvalue weighted by atomic mass is 10.0. The summed E-state index contributed by atoms with van der Waals surface area (Å²) in [7, 11) is 0. The predicted molar refractivity (Wildman–Crippen MR) is 228 cm³/mol. The molecule has 0 aliphatic heterocycles. The van der Waals surface area contributed by atoms with E-state index in [4.69, 9.17) is 9.47 Å². The van der Waals surface area contributed by atoms with Crippen LogP contribution in [0.1, 0.15) is 233 Å². The molecule has 0 atom stereocenters. The fourth-order valence-electron chi connectivity index (χ4n) is 7.03. The van der Waals surface area contributed by atoms with Crippen LogP contribution in [-0.4, -0.2) is 62.0 Å². The van der Waals surface area contributed by atoms with Crippen LogP contribution < -0.4 is 4.72 Å². The smallest absolute Gasteiger partial charge is 0.306 e. The van der Waals surface area contributed by atoms with Crippen molar-refractivity contribution in [2.45, 2.75) is 239 Å². The highest BCUT2D eigenvalue weighted by atomic mass is 32.2. The van der Waals surface area contributed by atoms with E-state index in [0.717, 1.165) is 58.0 Å². The average Bonchev–Trinajstić information content (AvgIpc) is 3.14. The quantitative estimate of drug-likeness (QED) is 0.0378. The van der Waals surface area contributed by atoms with Crippen molar-refractivity contribution in [3.05, 3.63) is 0 Å². The number of nitrogens with one attached hydrogen (secondary N) is 1. The maximum atomic E-state index is 12.8. The zero-order valence-corrected chi connectivity index (χ0v) is 36.3. The third-order valence-electron chi connectivity index (χ3n) is 10.4. The van der Waals surface area contributed by atoms with E-state index in [2.05, 4.69) is 36.6 Å². The lowest BCUT2D eigenvalue weighted by molar-refractivity contribution is -0.150. The molecular formula is C45H90N2O4S. The van der Waals surface area contributed by atoms with Gasteiger partial charge in [-0.3, -0.25) is 14.3 Å². The first-order chi connectivity index (χ1) is 25.6. The first kappa shape index (κ1) is 51.2. The molecule has 0 aliphatic rings. The topological polar surface area (TPSA) is 67.9 Å². The number of rotatable bonds is 43. The van der Waals surface area contributed by atoms with Gasteiger partial charge in [0.15, 0.2) is 0 Å². The van der Waals surface area contributed by atoms with Gasteiger partial charge < -0.3 is 14.4 Å². The van der Waals surface area contributed by atoms with E-state index in [1.54, 1.807) is 11.9 Å². The number of unbranched alkanes of at least 4 members (excludes halogenated alkanes) is 23. The Morgan fingerprint density at radius 1 is 0.500 bits per heavy atom. The fourth-order valence-corrected chi connectivity index (χ4v) is 7.38. The summed E-state index contributed by atoms with van der Waals surface area (Å²) >= 11 is 1.71. The van der Waals surface area contributed by atoms with Gasteiger partial charge >= 0.3 is 11.9 Å². The zero-order chi connectivity index (χ0) is 38.0. The van der Waals surface area contributed by atoms with E-state index in [0.29, 0.717) is 19.4 Å². The second kappa shape index (κ2) is 42.9. The Bertz CT molecular complexity index is 724. The van der Waals surface area contributed by atoms with Crippen molar-refractivity contribution in [1.29, 1.82) is 0 Å². The number of ether oxygens (including phenoxy) is 2. The molecular weight excluding hydrogens is 665 g/mol. The van der Waals surface area contributed by atoms with Crippen LogP contribution in [0.25, 0.3) is 0 Å². The normalized spacial score (nSPS) is 11.6. The molecule has 0 radical (unpaired) electrons. The lowest BCUT2D eigenvalue weighted by Crippen LogP contribution is -2.28. The minimum absolute atomic E-state index is 0.00948. The van der Waals surface area contributed by atoms with E-state index in [-0.39, 0.29) is 18.0 Å². The van der Waals surface area contributed by atoms with Crippen LogP contribution in [0.4, 0.5) is 0 Å². The van der Waals surface area contributed by atoms with Gasteiger partial charge in [0.1, 0.15) is 6.10 Å². The molecule has 0 saturated carbocycles. The minimum atomic E-state index is -0.00948. The van der Waals surface area contributed by atoms with Crippen LogP contribution in [0.5, 0.6) is 0 Å². The predicted octanol–water partition coefficient (Wildman–Crippen LogP) is 13.5. The van der Waals surface area contributed by atoms with Crippen LogP contribution in [0, 0.1) is 0 Å². The Labute approximate surface area is 329 Å². The summed E-state index contributed by atoms with van der Waals surface area (Å²) in [6, 6.07) is 0. The van der Waals surface area contributed by atoms with Crippen LogP contribution in [0.3, 0.4) is 0 Å². The molecule has 7 heteroatoms. The second-order valence-corrected chi connectivity index (χ2v) is 16.2. The molecule has 0 aromatic rings. The summed E-state index contributed by atoms with van der Waals surface area (Å²) in [5.41, 5.74) is 0. The maximum Gasteiger partial charge on any atom is 0.306 e. The first-order valence-corrected chi connectivity index (χ1v) is 24.1. The maximum absolute atomic E-state index is 12.8. The molecule has 0 amide bonds. The third-order valence-corrected chi connectivity index (χ3v) is 10.9. The van der Waals surface area contributed by atoms with Gasteiger partial charge in [-0.05, 0) is 90.1 Å². The Hall–Kier alpha value is -0.790. The molecule has 0 unspecified atom stereocenters. The molecule has 1 N–H and O–H groups in total.